The largest absolute Gasteiger partial charge is 0.356 e. The summed E-state index contributed by atoms with van der Waals surface area (Å²) in [6.07, 6.45) is 4.55. The summed E-state index contributed by atoms with van der Waals surface area (Å²) in [6.45, 7) is 3.84. The van der Waals surface area contributed by atoms with Crippen LogP contribution in [0.15, 0.2) is 66.9 Å². The summed E-state index contributed by atoms with van der Waals surface area (Å²) < 4.78 is 0. The van der Waals surface area contributed by atoms with Crippen LogP contribution >= 0.6 is 0 Å². The van der Waals surface area contributed by atoms with Crippen LogP contribution in [0.25, 0.3) is 10.8 Å². The molecule has 1 N–H and O–H groups in total. The number of pyridine rings is 1. The van der Waals surface area contributed by atoms with E-state index in [2.05, 4.69) is 45.5 Å². The summed E-state index contributed by atoms with van der Waals surface area (Å²) in [7, 11) is 0. The van der Waals surface area contributed by atoms with Gasteiger partial charge in [-0.15, -0.1) is 0 Å². The van der Waals surface area contributed by atoms with Crippen molar-refractivity contribution in [2.24, 2.45) is 5.92 Å². The van der Waals surface area contributed by atoms with Gasteiger partial charge in [-0.2, -0.15) is 0 Å². The summed E-state index contributed by atoms with van der Waals surface area (Å²) in [5, 5.41) is 5.52. The van der Waals surface area contributed by atoms with E-state index in [1.54, 1.807) is 0 Å². The predicted octanol–water partition coefficient (Wildman–Crippen LogP) is 3.81. The molecule has 0 atom stereocenters. The lowest BCUT2D eigenvalue weighted by atomic mass is 9.96. The molecule has 0 spiro atoms. The van der Waals surface area contributed by atoms with Gasteiger partial charge in [-0.3, -0.25) is 14.7 Å². The van der Waals surface area contributed by atoms with Gasteiger partial charge in [0.1, 0.15) is 0 Å². The molecule has 4 heteroatoms. The number of hydrogen-bond donors (Lipinski definition) is 1. The Labute approximate surface area is 166 Å². The average molecular weight is 374 g/mol. The van der Waals surface area contributed by atoms with Crippen molar-refractivity contribution < 1.29 is 4.79 Å². The minimum atomic E-state index is 0.118. The van der Waals surface area contributed by atoms with Crippen LogP contribution in [0.3, 0.4) is 0 Å². The van der Waals surface area contributed by atoms with Crippen molar-refractivity contribution in [1.82, 2.24) is 15.2 Å². The Bertz CT molecular complexity index is 912. The van der Waals surface area contributed by atoms with Gasteiger partial charge in [0.2, 0.25) is 5.91 Å². The van der Waals surface area contributed by atoms with E-state index in [1.807, 2.05) is 36.5 Å². The van der Waals surface area contributed by atoms with Gasteiger partial charge in [0.25, 0.3) is 0 Å². The summed E-state index contributed by atoms with van der Waals surface area (Å²) >= 11 is 0. The number of aromatic nitrogens is 1. The highest BCUT2D eigenvalue weighted by molar-refractivity contribution is 5.90. The fraction of sp³-hybridized carbons (Fsp3) is 0.333. The molecule has 3 aromatic rings. The van der Waals surface area contributed by atoms with Crippen LogP contribution < -0.4 is 5.32 Å². The van der Waals surface area contributed by atoms with Gasteiger partial charge < -0.3 is 5.32 Å². The van der Waals surface area contributed by atoms with E-state index in [1.165, 1.54) is 10.8 Å². The highest BCUT2D eigenvalue weighted by Gasteiger charge is 2.20. The second-order valence-corrected chi connectivity index (χ2v) is 7.66. The number of nitrogens with zero attached hydrogens (tertiary/aromatic N) is 2. The number of rotatable bonds is 6. The fourth-order valence-corrected chi connectivity index (χ4v) is 4.01. The zero-order chi connectivity index (χ0) is 19.2. The smallest absolute Gasteiger partial charge is 0.224 e. The Balaban J connectivity index is 1.23. The first kappa shape index (κ1) is 18.6. The van der Waals surface area contributed by atoms with Crippen molar-refractivity contribution in [1.29, 1.82) is 0 Å². The molecule has 1 saturated heterocycles. The van der Waals surface area contributed by atoms with E-state index in [-0.39, 0.29) is 5.91 Å². The van der Waals surface area contributed by atoms with E-state index in [9.17, 15) is 4.79 Å². The minimum absolute atomic E-state index is 0.118. The number of benzene rings is 2. The highest BCUT2D eigenvalue weighted by Crippen LogP contribution is 2.20. The first-order valence-electron chi connectivity index (χ1n) is 10.1. The lowest BCUT2D eigenvalue weighted by Gasteiger charge is -2.31. The molecule has 1 fully saturated rings. The van der Waals surface area contributed by atoms with Crippen LogP contribution in [0.4, 0.5) is 0 Å². The molecule has 0 radical (unpaired) electrons. The summed E-state index contributed by atoms with van der Waals surface area (Å²) in [6, 6.07) is 20.5. The molecule has 1 amide bonds. The van der Waals surface area contributed by atoms with Gasteiger partial charge in [0.05, 0.1) is 12.1 Å². The lowest BCUT2D eigenvalue weighted by molar-refractivity contribution is -0.120. The topological polar surface area (TPSA) is 45.2 Å². The monoisotopic (exact) mass is 373 g/mol. The van der Waals surface area contributed by atoms with Gasteiger partial charge in [0, 0.05) is 19.3 Å². The molecule has 1 aliphatic rings. The number of hydrogen-bond acceptors (Lipinski definition) is 3. The van der Waals surface area contributed by atoms with Crippen molar-refractivity contribution in [3.05, 3.63) is 78.1 Å². The van der Waals surface area contributed by atoms with Gasteiger partial charge >= 0.3 is 0 Å². The van der Waals surface area contributed by atoms with Crippen molar-refractivity contribution >= 4 is 16.7 Å². The van der Waals surface area contributed by atoms with Gasteiger partial charge in [-0.1, -0.05) is 48.5 Å². The van der Waals surface area contributed by atoms with E-state index in [0.717, 1.165) is 50.3 Å². The standard InChI is InChI=1S/C24H27N3O/c28-24(16-21-8-5-7-20-6-1-2-10-23(20)21)26-17-19-11-14-27(15-12-19)18-22-9-3-4-13-25-22/h1-10,13,19H,11-12,14-18H2,(H,26,28). The Morgan fingerprint density at radius 2 is 1.79 bits per heavy atom. The molecule has 0 aliphatic carbocycles. The third-order valence-corrected chi connectivity index (χ3v) is 5.64. The van der Waals surface area contributed by atoms with Gasteiger partial charge in [-0.25, -0.2) is 0 Å². The third-order valence-electron chi connectivity index (χ3n) is 5.64. The van der Waals surface area contributed by atoms with Crippen molar-refractivity contribution in [2.45, 2.75) is 25.8 Å². The van der Waals surface area contributed by atoms with Crippen LogP contribution in [-0.2, 0) is 17.8 Å². The molecule has 28 heavy (non-hydrogen) atoms. The quantitative estimate of drug-likeness (QED) is 0.715. The van der Waals surface area contributed by atoms with Crippen LogP contribution in [0, 0.1) is 5.92 Å². The Morgan fingerprint density at radius 3 is 2.61 bits per heavy atom. The van der Waals surface area contributed by atoms with Crippen molar-refractivity contribution in [2.75, 3.05) is 19.6 Å². The van der Waals surface area contributed by atoms with Crippen LogP contribution in [0.1, 0.15) is 24.1 Å². The fourth-order valence-electron chi connectivity index (χ4n) is 4.01. The molecule has 4 rings (SSSR count). The maximum Gasteiger partial charge on any atom is 0.224 e. The molecule has 0 bridgehead atoms. The molecular weight excluding hydrogens is 346 g/mol. The first-order valence-corrected chi connectivity index (χ1v) is 10.1. The Kier molecular flexibility index (Phi) is 5.98. The van der Waals surface area contributed by atoms with Gasteiger partial charge in [0.15, 0.2) is 0 Å². The molecule has 1 aromatic heterocycles. The van der Waals surface area contributed by atoms with Gasteiger partial charge in [-0.05, 0) is 60.3 Å². The number of piperidine rings is 1. The molecular formula is C24H27N3O. The number of carbonyl (C=O) groups is 1. The Hall–Kier alpha value is -2.72. The third kappa shape index (κ3) is 4.76. The molecule has 1 aliphatic heterocycles. The number of fused-ring (bicyclic) bond motifs is 1. The second kappa shape index (κ2) is 8.98. The van der Waals surface area contributed by atoms with Crippen molar-refractivity contribution in [3.8, 4) is 0 Å². The van der Waals surface area contributed by atoms with E-state index >= 15 is 0 Å². The zero-order valence-electron chi connectivity index (χ0n) is 16.2. The number of amides is 1. The number of nitrogens with one attached hydrogen (secondary N) is 1. The SMILES string of the molecule is O=C(Cc1cccc2ccccc12)NCC1CCN(Cc2ccccn2)CC1. The summed E-state index contributed by atoms with van der Waals surface area (Å²) in [5.74, 6) is 0.684. The van der Waals surface area contributed by atoms with E-state index in [4.69, 9.17) is 0 Å². The Morgan fingerprint density at radius 1 is 1.00 bits per heavy atom. The maximum atomic E-state index is 12.5. The summed E-state index contributed by atoms with van der Waals surface area (Å²) in [5.41, 5.74) is 2.23. The molecule has 0 saturated carbocycles. The predicted molar refractivity (Wildman–Crippen MR) is 113 cm³/mol. The molecule has 0 unspecified atom stereocenters. The number of likely N-dealkylation sites (tertiary alicyclic amines) is 1. The first-order chi connectivity index (χ1) is 13.8. The van der Waals surface area contributed by atoms with Crippen LogP contribution in [0.2, 0.25) is 0 Å². The van der Waals surface area contributed by atoms with Crippen LogP contribution in [0.5, 0.6) is 0 Å². The zero-order valence-corrected chi connectivity index (χ0v) is 16.2. The van der Waals surface area contributed by atoms with Crippen molar-refractivity contribution in [3.63, 3.8) is 0 Å². The van der Waals surface area contributed by atoms with Crippen LogP contribution in [-0.4, -0.2) is 35.4 Å². The summed E-state index contributed by atoms with van der Waals surface area (Å²) in [4.78, 5) is 19.3. The molecule has 2 aromatic carbocycles. The lowest BCUT2D eigenvalue weighted by Crippen LogP contribution is -2.38. The maximum absolute atomic E-state index is 12.5. The highest BCUT2D eigenvalue weighted by atomic mass is 16.1. The van der Waals surface area contributed by atoms with E-state index < -0.39 is 0 Å². The molecule has 144 valence electrons. The normalized spacial score (nSPS) is 15.6. The number of carbonyl (C=O) groups excluding carboxylic acids is 1. The minimum Gasteiger partial charge on any atom is -0.356 e. The average Bonchev–Trinajstić information content (AvgIpc) is 2.74. The second-order valence-electron chi connectivity index (χ2n) is 7.66. The van der Waals surface area contributed by atoms with E-state index in [0.29, 0.717) is 12.3 Å². The molecule has 2 heterocycles. The molecule has 4 nitrogen and oxygen atoms in total.